The lowest BCUT2D eigenvalue weighted by molar-refractivity contribution is 0.126. The average molecular weight is 286 g/mol. The Morgan fingerprint density at radius 3 is 2.76 bits per heavy atom. The van der Waals surface area contributed by atoms with Crippen molar-refractivity contribution in [3.63, 3.8) is 0 Å². The van der Waals surface area contributed by atoms with Gasteiger partial charge in [0.05, 0.1) is 11.8 Å². The van der Waals surface area contributed by atoms with E-state index in [1.54, 1.807) is 0 Å². The van der Waals surface area contributed by atoms with Crippen LogP contribution in [0, 0.1) is 0 Å². The second kappa shape index (κ2) is 5.00. The van der Waals surface area contributed by atoms with Crippen LogP contribution in [0.5, 0.6) is 0 Å². The maximum atomic E-state index is 10.0. The maximum absolute atomic E-state index is 10.0. The van der Waals surface area contributed by atoms with Crippen LogP contribution in [0.15, 0.2) is 24.4 Å². The highest BCUT2D eigenvalue weighted by Gasteiger charge is 2.42. The molecule has 0 saturated carbocycles. The summed E-state index contributed by atoms with van der Waals surface area (Å²) < 4.78 is 2.18. The monoisotopic (exact) mass is 286 g/mol. The Balaban J connectivity index is 1.81. The molecule has 0 spiro atoms. The molecule has 2 bridgehead atoms. The molecule has 5 heteroatoms. The van der Waals surface area contributed by atoms with Gasteiger partial charge >= 0.3 is 0 Å². The van der Waals surface area contributed by atoms with Gasteiger partial charge in [-0.1, -0.05) is 6.07 Å². The number of aromatic nitrogens is 2. The van der Waals surface area contributed by atoms with Gasteiger partial charge in [-0.15, -0.1) is 0 Å². The summed E-state index contributed by atoms with van der Waals surface area (Å²) in [5, 5.41) is 13.3. The Kier molecular flexibility index (Phi) is 3.12. The van der Waals surface area contributed by atoms with Crippen molar-refractivity contribution < 1.29 is 5.11 Å². The van der Waals surface area contributed by atoms with E-state index in [4.69, 9.17) is 4.98 Å². The van der Waals surface area contributed by atoms with Gasteiger partial charge in [0.15, 0.2) is 5.82 Å². The van der Waals surface area contributed by atoms with Gasteiger partial charge in [-0.3, -0.25) is 0 Å². The molecule has 2 aromatic rings. The topological polar surface area (TPSA) is 52.8 Å². The Morgan fingerprint density at radius 1 is 1.29 bits per heavy atom. The lowest BCUT2D eigenvalue weighted by Crippen LogP contribution is -2.45. The summed E-state index contributed by atoms with van der Waals surface area (Å²) in [6.07, 6.45) is 6.05. The number of hydrogen-bond acceptors (Lipinski definition) is 4. The molecule has 112 valence electrons. The zero-order chi connectivity index (χ0) is 14.4. The predicted molar refractivity (Wildman–Crippen MR) is 82.5 cm³/mol. The summed E-state index contributed by atoms with van der Waals surface area (Å²) in [5.74, 6) is 1.11. The summed E-state index contributed by atoms with van der Waals surface area (Å²) in [5.41, 5.74) is 2.23. The molecule has 4 rings (SSSR count). The first-order valence-electron chi connectivity index (χ1n) is 7.85. The van der Waals surface area contributed by atoms with Crippen LogP contribution in [0.4, 0.5) is 5.82 Å². The number of imidazole rings is 1. The maximum Gasteiger partial charge on any atom is 0.152 e. The lowest BCUT2D eigenvalue weighted by Gasteiger charge is -2.38. The molecule has 0 radical (unpaired) electrons. The highest BCUT2D eigenvalue weighted by molar-refractivity contribution is 5.58. The van der Waals surface area contributed by atoms with Gasteiger partial charge in [0.2, 0.25) is 0 Å². The van der Waals surface area contributed by atoms with Crippen molar-refractivity contribution in [1.29, 1.82) is 0 Å². The summed E-state index contributed by atoms with van der Waals surface area (Å²) in [4.78, 5) is 7.37. The number of fused-ring (bicyclic) bond motifs is 3. The fourth-order valence-corrected chi connectivity index (χ4v) is 4.07. The molecule has 0 aliphatic carbocycles. The summed E-state index contributed by atoms with van der Waals surface area (Å²) in [6, 6.07) is 7.03. The van der Waals surface area contributed by atoms with E-state index in [9.17, 15) is 5.11 Å². The predicted octanol–water partition coefficient (Wildman–Crippen LogP) is 1.55. The third kappa shape index (κ3) is 2.03. The quantitative estimate of drug-likeness (QED) is 0.899. The Bertz CT molecular complexity index is 639. The first kappa shape index (κ1) is 13.1. The van der Waals surface area contributed by atoms with Crippen molar-refractivity contribution in [3.8, 4) is 0 Å². The van der Waals surface area contributed by atoms with Crippen LogP contribution < -0.4 is 10.2 Å². The van der Waals surface area contributed by atoms with Gasteiger partial charge in [-0.25, -0.2) is 4.98 Å². The zero-order valence-electron chi connectivity index (χ0n) is 12.4. The number of anilines is 1. The van der Waals surface area contributed by atoms with Gasteiger partial charge in [-0.2, -0.15) is 0 Å². The number of hydrogen-bond donors (Lipinski definition) is 2. The Morgan fingerprint density at radius 2 is 2.05 bits per heavy atom. The molecule has 2 unspecified atom stereocenters. The molecule has 4 heterocycles. The summed E-state index contributed by atoms with van der Waals surface area (Å²) >= 11 is 0. The third-order valence-corrected chi connectivity index (χ3v) is 4.90. The van der Waals surface area contributed by atoms with Crippen molar-refractivity contribution in [2.45, 2.75) is 50.4 Å². The highest BCUT2D eigenvalue weighted by Crippen LogP contribution is 2.40. The van der Waals surface area contributed by atoms with Crippen LogP contribution in [-0.4, -0.2) is 39.7 Å². The molecular formula is C16H22N4O. The second-order valence-corrected chi connectivity index (χ2v) is 6.26. The number of aliphatic hydroxyl groups is 1. The molecule has 0 aromatic carbocycles. The molecule has 2 fully saturated rings. The van der Waals surface area contributed by atoms with Crippen molar-refractivity contribution in [2.75, 3.05) is 11.9 Å². The van der Waals surface area contributed by atoms with Gasteiger partial charge < -0.3 is 19.7 Å². The number of nitrogens with one attached hydrogen (secondary N) is 1. The molecule has 2 aliphatic heterocycles. The number of rotatable bonds is 3. The van der Waals surface area contributed by atoms with E-state index in [2.05, 4.69) is 26.9 Å². The normalized spacial score (nSPS) is 28.5. The molecule has 2 N–H and O–H groups in total. The van der Waals surface area contributed by atoms with Crippen LogP contribution in [0.3, 0.4) is 0 Å². The van der Waals surface area contributed by atoms with Gasteiger partial charge in [0.1, 0.15) is 5.65 Å². The van der Waals surface area contributed by atoms with Gasteiger partial charge in [0.25, 0.3) is 0 Å². The van der Waals surface area contributed by atoms with Crippen molar-refractivity contribution in [1.82, 2.24) is 14.7 Å². The van der Waals surface area contributed by atoms with Crippen molar-refractivity contribution in [3.05, 3.63) is 30.1 Å². The van der Waals surface area contributed by atoms with E-state index in [0.29, 0.717) is 12.1 Å². The standard InChI is InChI=1S/C16H22N4O/c1-17-10-14-16(18-15-4-2-3-7-19(14)15)20-11-5-6-12(20)9-13(21)8-11/h2-4,7,11-13,17,21H,5-6,8-10H2,1H3. The highest BCUT2D eigenvalue weighted by atomic mass is 16.3. The number of pyridine rings is 1. The zero-order valence-corrected chi connectivity index (χ0v) is 12.4. The van der Waals surface area contributed by atoms with Crippen molar-refractivity contribution in [2.24, 2.45) is 0 Å². The van der Waals surface area contributed by atoms with E-state index in [1.807, 2.05) is 19.2 Å². The Hall–Kier alpha value is -1.59. The van der Waals surface area contributed by atoms with Crippen LogP contribution in [0.1, 0.15) is 31.4 Å². The first-order chi connectivity index (χ1) is 10.3. The fourth-order valence-electron chi connectivity index (χ4n) is 4.07. The Labute approximate surface area is 124 Å². The lowest BCUT2D eigenvalue weighted by atomic mass is 10.00. The van der Waals surface area contributed by atoms with E-state index in [1.165, 1.54) is 18.5 Å². The molecule has 2 atom stereocenters. The van der Waals surface area contributed by atoms with Crippen LogP contribution in [-0.2, 0) is 6.54 Å². The fraction of sp³-hybridized carbons (Fsp3) is 0.562. The number of piperidine rings is 1. The SMILES string of the molecule is CNCc1c(N2C3CCC2CC(O)C3)nc2ccccn12. The second-order valence-electron chi connectivity index (χ2n) is 6.26. The van der Waals surface area contributed by atoms with Crippen molar-refractivity contribution >= 4 is 11.5 Å². The van der Waals surface area contributed by atoms with E-state index in [-0.39, 0.29) is 6.10 Å². The van der Waals surface area contributed by atoms with Crippen LogP contribution in [0.25, 0.3) is 5.65 Å². The molecule has 2 saturated heterocycles. The van der Waals surface area contributed by atoms with Gasteiger partial charge in [-0.05, 0) is 44.9 Å². The molecule has 0 amide bonds. The van der Waals surface area contributed by atoms with E-state index in [0.717, 1.165) is 30.9 Å². The first-order valence-corrected chi connectivity index (χ1v) is 7.85. The molecule has 2 aliphatic rings. The summed E-state index contributed by atoms with van der Waals surface area (Å²) in [6.45, 7) is 0.805. The smallest absolute Gasteiger partial charge is 0.152 e. The van der Waals surface area contributed by atoms with Gasteiger partial charge in [0, 0.05) is 24.8 Å². The van der Waals surface area contributed by atoms with Crippen LogP contribution >= 0.6 is 0 Å². The van der Waals surface area contributed by atoms with E-state index < -0.39 is 0 Å². The third-order valence-electron chi connectivity index (χ3n) is 4.90. The minimum Gasteiger partial charge on any atom is -0.393 e. The minimum atomic E-state index is -0.136. The average Bonchev–Trinajstić information content (AvgIpc) is 2.95. The van der Waals surface area contributed by atoms with Crippen LogP contribution in [0.2, 0.25) is 0 Å². The number of aliphatic hydroxyl groups excluding tert-OH is 1. The molecule has 5 nitrogen and oxygen atoms in total. The minimum absolute atomic E-state index is 0.136. The largest absolute Gasteiger partial charge is 0.393 e. The molecular weight excluding hydrogens is 264 g/mol. The molecule has 21 heavy (non-hydrogen) atoms. The molecule has 2 aromatic heterocycles. The summed E-state index contributed by atoms with van der Waals surface area (Å²) in [7, 11) is 1.97. The number of nitrogens with zero attached hydrogens (tertiary/aromatic N) is 3. The van der Waals surface area contributed by atoms with E-state index >= 15 is 0 Å².